The fourth-order valence-electron chi connectivity index (χ4n) is 3.77. The Labute approximate surface area is 164 Å². The molecule has 0 saturated carbocycles. The van der Waals surface area contributed by atoms with Gasteiger partial charge in [0.1, 0.15) is 0 Å². The Morgan fingerprint density at radius 3 is 1.37 bits per heavy atom. The Balaban J connectivity index is 1.43. The molecule has 2 rings (SSSR count). The number of carbonyl (C=O) groups excluding carboxylic acids is 2. The Bertz CT molecular complexity index is 550. The lowest BCUT2D eigenvalue weighted by molar-refractivity contribution is 0.0651. The molecule has 27 heavy (non-hydrogen) atoms. The highest BCUT2D eigenvalue weighted by Crippen LogP contribution is 2.23. The molecule has 1 heterocycles. The maximum Gasteiger partial charge on any atom is 0.261 e. The second-order valence-corrected chi connectivity index (χ2v) is 7.63. The number of carbonyl (C=O) groups is 2. The molecule has 150 valence electrons. The van der Waals surface area contributed by atoms with Crippen molar-refractivity contribution in [3.8, 4) is 0 Å². The first-order valence-corrected chi connectivity index (χ1v) is 10.8. The predicted molar refractivity (Wildman–Crippen MR) is 109 cm³/mol. The van der Waals surface area contributed by atoms with Gasteiger partial charge in [-0.25, -0.2) is 0 Å². The van der Waals surface area contributed by atoms with E-state index in [2.05, 4.69) is 0 Å². The summed E-state index contributed by atoms with van der Waals surface area (Å²) in [5, 5.41) is 8.73. The summed E-state index contributed by atoms with van der Waals surface area (Å²) in [6, 6.07) is 7.10. The molecule has 0 fully saturated rings. The second-order valence-electron chi connectivity index (χ2n) is 7.63. The van der Waals surface area contributed by atoms with E-state index in [0.717, 1.165) is 25.7 Å². The average molecular weight is 374 g/mol. The third-order valence-electron chi connectivity index (χ3n) is 5.42. The highest BCUT2D eigenvalue weighted by Gasteiger charge is 2.34. The average Bonchev–Trinajstić information content (AvgIpc) is 2.93. The Kier molecular flexibility index (Phi) is 10.1. The van der Waals surface area contributed by atoms with Gasteiger partial charge < -0.3 is 5.11 Å². The normalized spacial score (nSPS) is 13.4. The number of hydrogen-bond acceptors (Lipinski definition) is 3. The SMILES string of the molecule is O=C1c2ccccc2C(=O)N1CCCCCCCCCCCCCCCO. The van der Waals surface area contributed by atoms with E-state index in [1.54, 1.807) is 12.1 Å². The van der Waals surface area contributed by atoms with Crippen molar-refractivity contribution in [2.45, 2.75) is 83.5 Å². The van der Waals surface area contributed by atoms with Crippen molar-refractivity contribution in [1.82, 2.24) is 4.90 Å². The summed E-state index contributed by atoms with van der Waals surface area (Å²) in [7, 11) is 0. The van der Waals surface area contributed by atoms with Gasteiger partial charge in [-0.15, -0.1) is 0 Å². The minimum absolute atomic E-state index is 0.132. The second kappa shape index (κ2) is 12.7. The zero-order chi connectivity index (χ0) is 19.3. The minimum atomic E-state index is -0.132. The molecule has 0 bridgehead atoms. The van der Waals surface area contributed by atoms with Crippen molar-refractivity contribution >= 4 is 11.8 Å². The van der Waals surface area contributed by atoms with Gasteiger partial charge in [0, 0.05) is 13.2 Å². The van der Waals surface area contributed by atoms with Gasteiger partial charge in [-0.1, -0.05) is 82.8 Å². The van der Waals surface area contributed by atoms with Crippen LogP contribution in [0.3, 0.4) is 0 Å². The van der Waals surface area contributed by atoms with Crippen LogP contribution in [0.2, 0.25) is 0 Å². The number of aliphatic hydroxyl groups excluding tert-OH is 1. The van der Waals surface area contributed by atoms with Crippen molar-refractivity contribution in [2.75, 3.05) is 13.2 Å². The lowest BCUT2D eigenvalue weighted by Gasteiger charge is -2.13. The standard InChI is InChI=1S/C23H35NO3/c25-19-15-11-9-7-5-3-1-2-4-6-8-10-14-18-24-22(26)20-16-12-13-17-21(20)23(24)27/h12-13,16-17,25H,1-11,14-15,18-19H2. The van der Waals surface area contributed by atoms with Crippen LogP contribution in [0.1, 0.15) is 104 Å². The number of imide groups is 1. The molecule has 1 aromatic carbocycles. The smallest absolute Gasteiger partial charge is 0.261 e. The van der Waals surface area contributed by atoms with Crippen molar-refractivity contribution in [2.24, 2.45) is 0 Å². The molecule has 0 saturated heterocycles. The molecule has 0 atom stereocenters. The van der Waals surface area contributed by atoms with E-state index in [9.17, 15) is 9.59 Å². The molecule has 4 heteroatoms. The van der Waals surface area contributed by atoms with Crippen LogP contribution >= 0.6 is 0 Å². The van der Waals surface area contributed by atoms with Gasteiger partial charge in [0.2, 0.25) is 0 Å². The first kappa shape index (κ1) is 21.6. The van der Waals surface area contributed by atoms with E-state index < -0.39 is 0 Å². The molecule has 0 radical (unpaired) electrons. The number of nitrogens with zero attached hydrogens (tertiary/aromatic N) is 1. The van der Waals surface area contributed by atoms with E-state index in [1.807, 2.05) is 12.1 Å². The van der Waals surface area contributed by atoms with E-state index in [0.29, 0.717) is 24.3 Å². The molecule has 1 aliphatic rings. The van der Waals surface area contributed by atoms with E-state index in [1.165, 1.54) is 62.7 Å². The molecule has 2 amide bonds. The van der Waals surface area contributed by atoms with Gasteiger partial charge in [0.25, 0.3) is 11.8 Å². The van der Waals surface area contributed by atoms with Crippen molar-refractivity contribution in [3.05, 3.63) is 35.4 Å². The number of amides is 2. The molecule has 0 unspecified atom stereocenters. The Morgan fingerprint density at radius 1 is 0.593 bits per heavy atom. The van der Waals surface area contributed by atoms with Crippen molar-refractivity contribution in [3.63, 3.8) is 0 Å². The monoisotopic (exact) mass is 373 g/mol. The van der Waals surface area contributed by atoms with E-state index in [4.69, 9.17) is 5.11 Å². The molecule has 0 aromatic heterocycles. The van der Waals surface area contributed by atoms with E-state index in [-0.39, 0.29) is 11.8 Å². The van der Waals surface area contributed by atoms with Crippen LogP contribution in [0, 0.1) is 0 Å². The molecular weight excluding hydrogens is 338 g/mol. The highest BCUT2D eigenvalue weighted by molar-refractivity contribution is 6.21. The van der Waals surface area contributed by atoms with Gasteiger partial charge in [-0.05, 0) is 25.0 Å². The lowest BCUT2D eigenvalue weighted by Crippen LogP contribution is -2.30. The largest absolute Gasteiger partial charge is 0.396 e. The van der Waals surface area contributed by atoms with Gasteiger partial charge in [-0.3, -0.25) is 14.5 Å². The van der Waals surface area contributed by atoms with Gasteiger partial charge in [0.05, 0.1) is 11.1 Å². The van der Waals surface area contributed by atoms with Crippen molar-refractivity contribution < 1.29 is 14.7 Å². The maximum absolute atomic E-state index is 12.3. The van der Waals surface area contributed by atoms with Crippen LogP contribution in [0.4, 0.5) is 0 Å². The number of unbranched alkanes of at least 4 members (excludes halogenated alkanes) is 12. The minimum Gasteiger partial charge on any atom is -0.396 e. The third kappa shape index (κ3) is 7.10. The summed E-state index contributed by atoms with van der Waals surface area (Å²) in [5.41, 5.74) is 1.10. The molecule has 1 aromatic rings. The molecule has 1 N–H and O–H groups in total. The summed E-state index contributed by atoms with van der Waals surface area (Å²) in [6.07, 6.45) is 15.7. The molecule has 0 aliphatic carbocycles. The summed E-state index contributed by atoms with van der Waals surface area (Å²) in [6.45, 7) is 0.876. The lowest BCUT2D eigenvalue weighted by atomic mass is 10.0. The summed E-state index contributed by atoms with van der Waals surface area (Å²) >= 11 is 0. The fourth-order valence-corrected chi connectivity index (χ4v) is 3.77. The Morgan fingerprint density at radius 2 is 0.963 bits per heavy atom. The van der Waals surface area contributed by atoms with Gasteiger partial charge >= 0.3 is 0 Å². The zero-order valence-electron chi connectivity index (χ0n) is 16.6. The van der Waals surface area contributed by atoms with Crippen LogP contribution in [0.15, 0.2) is 24.3 Å². The fraction of sp³-hybridized carbons (Fsp3) is 0.652. The number of fused-ring (bicyclic) bond motifs is 1. The van der Waals surface area contributed by atoms with Crippen molar-refractivity contribution in [1.29, 1.82) is 0 Å². The first-order chi connectivity index (χ1) is 13.3. The molecular formula is C23H35NO3. The molecule has 0 spiro atoms. The molecule has 4 nitrogen and oxygen atoms in total. The van der Waals surface area contributed by atoms with Crippen LogP contribution in [0.5, 0.6) is 0 Å². The topological polar surface area (TPSA) is 57.6 Å². The third-order valence-corrected chi connectivity index (χ3v) is 5.42. The number of rotatable bonds is 15. The van der Waals surface area contributed by atoms with Crippen LogP contribution < -0.4 is 0 Å². The number of benzene rings is 1. The number of hydrogen-bond donors (Lipinski definition) is 1. The summed E-state index contributed by atoms with van der Waals surface area (Å²) in [4.78, 5) is 25.9. The summed E-state index contributed by atoms with van der Waals surface area (Å²) < 4.78 is 0. The van der Waals surface area contributed by atoms with E-state index >= 15 is 0 Å². The molecule has 1 aliphatic heterocycles. The van der Waals surface area contributed by atoms with Crippen LogP contribution in [-0.2, 0) is 0 Å². The maximum atomic E-state index is 12.3. The van der Waals surface area contributed by atoms with Gasteiger partial charge in [0.15, 0.2) is 0 Å². The number of aliphatic hydroxyl groups is 1. The Hall–Kier alpha value is -1.68. The predicted octanol–water partition coefficient (Wildman–Crippen LogP) is 5.35. The first-order valence-electron chi connectivity index (χ1n) is 10.8. The zero-order valence-corrected chi connectivity index (χ0v) is 16.6. The highest BCUT2D eigenvalue weighted by atomic mass is 16.3. The van der Waals surface area contributed by atoms with Crippen LogP contribution in [-0.4, -0.2) is 35.0 Å². The van der Waals surface area contributed by atoms with Gasteiger partial charge in [-0.2, -0.15) is 0 Å². The van der Waals surface area contributed by atoms with Crippen LogP contribution in [0.25, 0.3) is 0 Å². The quantitative estimate of drug-likeness (QED) is 0.333. The summed E-state index contributed by atoms with van der Waals surface area (Å²) in [5.74, 6) is -0.265.